The Kier molecular flexibility index (Phi) is 10.4. The zero-order valence-electron chi connectivity index (χ0n) is 40.3. The van der Waals surface area contributed by atoms with Crippen LogP contribution in [0.4, 0.5) is 17.1 Å². The summed E-state index contributed by atoms with van der Waals surface area (Å²) in [4.78, 5) is 2.40. The molecule has 1 aliphatic rings. The first-order valence-electron chi connectivity index (χ1n) is 25.1. The Hall–Kier alpha value is -8.98. The summed E-state index contributed by atoms with van der Waals surface area (Å²) in [6.07, 6.45) is 0. The van der Waals surface area contributed by atoms with Gasteiger partial charge in [0.2, 0.25) is 0 Å². The summed E-state index contributed by atoms with van der Waals surface area (Å²) in [5.74, 6) is 0.521. The van der Waals surface area contributed by atoms with Crippen LogP contribution in [0.25, 0.3) is 76.8 Å². The maximum Gasteiger partial charge on any atom is 0.128 e. The second-order valence-electron chi connectivity index (χ2n) is 19.5. The first kappa shape index (κ1) is 43.1. The van der Waals surface area contributed by atoms with Crippen molar-refractivity contribution >= 4 is 49.4 Å². The number of rotatable bonds is 9. The van der Waals surface area contributed by atoms with Crippen molar-refractivity contribution in [2.75, 3.05) is 4.90 Å². The lowest BCUT2D eigenvalue weighted by atomic mass is 9.64. The number of hydrogen-bond donors (Lipinski definition) is 1. The number of anilines is 3. The van der Waals surface area contributed by atoms with E-state index in [1.807, 2.05) is 18.2 Å². The zero-order chi connectivity index (χ0) is 48.3. The predicted molar refractivity (Wildman–Crippen MR) is 303 cm³/mol. The minimum atomic E-state index is -0.819. The van der Waals surface area contributed by atoms with Crippen LogP contribution in [0.2, 0.25) is 0 Å². The Morgan fingerprint density at radius 3 is 1.47 bits per heavy atom. The SMILES string of the molecule is CC(C)c1c(C2(c3ccc4ccccc4c3O)c3ccccc3-c3cc(-c4cccc5c(N(c6ccc(-c7ccccc7)cc6)c6ccc(-c7ccccc7)cc6)cccc45)ccc32)ccc2ccccc12. The summed E-state index contributed by atoms with van der Waals surface area (Å²) in [5, 5.41) is 19.4. The molecule has 1 aliphatic carbocycles. The maximum atomic E-state index is 12.7. The number of phenolic OH excluding ortho intramolecular Hbond substituents is 1. The van der Waals surface area contributed by atoms with E-state index in [0.29, 0.717) is 5.75 Å². The largest absolute Gasteiger partial charge is 0.507 e. The fourth-order valence-corrected chi connectivity index (χ4v) is 12.0. The van der Waals surface area contributed by atoms with Gasteiger partial charge in [0.25, 0.3) is 0 Å². The van der Waals surface area contributed by atoms with Gasteiger partial charge in [-0.05, 0) is 131 Å². The van der Waals surface area contributed by atoms with E-state index in [9.17, 15) is 5.11 Å². The van der Waals surface area contributed by atoms with E-state index in [1.165, 1.54) is 71.8 Å². The molecule has 0 saturated carbocycles. The molecule has 0 spiro atoms. The number of aromatic hydroxyl groups is 1. The molecule has 72 heavy (non-hydrogen) atoms. The van der Waals surface area contributed by atoms with Gasteiger partial charge in [-0.3, -0.25) is 0 Å². The Balaban J connectivity index is 1.01. The Morgan fingerprint density at radius 2 is 0.806 bits per heavy atom. The average molecular weight is 922 g/mol. The molecule has 342 valence electrons. The van der Waals surface area contributed by atoms with E-state index in [1.54, 1.807) is 0 Å². The molecule has 13 rings (SSSR count). The van der Waals surface area contributed by atoms with Crippen LogP contribution < -0.4 is 4.90 Å². The van der Waals surface area contributed by atoms with Crippen LogP contribution in [0.1, 0.15) is 47.6 Å². The summed E-state index contributed by atoms with van der Waals surface area (Å²) in [5.41, 5.74) is 17.6. The minimum absolute atomic E-state index is 0.203. The Bertz CT molecular complexity index is 3920. The number of nitrogens with zero attached hydrogens (tertiary/aromatic N) is 1. The van der Waals surface area contributed by atoms with Gasteiger partial charge in [-0.1, -0.05) is 238 Å². The van der Waals surface area contributed by atoms with Gasteiger partial charge in [-0.2, -0.15) is 0 Å². The fraction of sp³-hybridized carbons (Fsp3) is 0.0571. The van der Waals surface area contributed by atoms with Gasteiger partial charge in [-0.25, -0.2) is 0 Å². The highest BCUT2D eigenvalue weighted by molar-refractivity contribution is 6.07. The summed E-state index contributed by atoms with van der Waals surface area (Å²) in [6, 6.07) is 94.4. The van der Waals surface area contributed by atoms with Crippen molar-refractivity contribution in [1.82, 2.24) is 0 Å². The summed E-state index contributed by atoms with van der Waals surface area (Å²) < 4.78 is 0. The van der Waals surface area contributed by atoms with Crippen LogP contribution in [0, 0.1) is 0 Å². The number of benzene rings is 12. The highest BCUT2D eigenvalue weighted by atomic mass is 16.3. The molecule has 0 aromatic heterocycles. The lowest BCUT2D eigenvalue weighted by molar-refractivity contribution is 0.467. The first-order chi connectivity index (χ1) is 35.5. The smallest absolute Gasteiger partial charge is 0.128 e. The van der Waals surface area contributed by atoms with Crippen molar-refractivity contribution in [3.05, 3.63) is 289 Å². The van der Waals surface area contributed by atoms with Gasteiger partial charge in [0.05, 0.1) is 11.1 Å². The minimum Gasteiger partial charge on any atom is -0.507 e. The maximum absolute atomic E-state index is 12.7. The standard InChI is InChI=1S/C70H51NO/c1-46(2)68-57-23-11-9-21-51(57)35-43-65(68)70(66-44-36-52-22-10-12-24-58(52)69(66)72)63-29-14-13-25-60(63)62-45-53(37-42-64(62)70)56-26-15-28-61-59(56)27-16-30-67(61)71(54-38-31-49(32-39-54)47-17-5-3-6-18-47)55-40-33-50(34-41-55)48-19-7-4-8-20-48/h3-46,72H,1-2H3. The van der Waals surface area contributed by atoms with Gasteiger partial charge in [0, 0.05) is 27.7 Å². The van der Waals surface area contributed by atoms with Crippen LogP contribution in [0.3, 0.4) is 0 Å². The predicted octanol–water partition coefficient (Wildman–Crippen LogP) is 18.8. The van der Waals surface area contributed by atoms with E-state index in [2.05, 4.69) is 261 Å². The summed E-state index contributed by atoms with van der Waals surface area (Å²) in [6.45, 7) is 4.61. The molecule has 1 unspecified atom stereocenters. The lowest BCUT2D eigenvalue weighted by Gasteiger charge is -2.37. The third kappa shape index (κ3) is 6.86. The van der Waals surface area contributed by atoms with Gasteiger partial charge >= 0.3 is 0 Å². The lowest BCUT2D eigenvalue weighted by Crippen LogP contribution is -2.30. The number of fused-ring (bicyclic) bond motifs is 6. The first-order valence-corrected chi connectivity index (χ1v) is 25.1. The average Bonchev–Trinajstić information content (AvgIpc) is 3.73. The molecule has 1 N–H and O–H groups in total. The summed E-state index contributed by atoms with van der Waals surface area (Å²) >= 11 is 0. The van der Waals surface area contributed by atoms with Crippen molar-refractivity contribution in [2.45, 2.75) is 25.2 Å². The number of hydrogen-bond acceptors (Lipinski definition) is 2. The Labute approximate surface area is 421 Å². The molecule has 12 aromatic carbocycles. The van der Waals surface area contributed by atoms with E-state index in [-0.39, 0.29) is 5.92 Å². The second kappa shape index (κ2) is 17.5. The van der Waals surface area contributed by atoms with Gasteiger partial charge in [0.15, 0.2) is 0 Å². The van der Waals surface area contributed by atoms with Crippen LogP contribution in [-0.2, 0) is 5.41 Å². The van der Waals surface area contributed by atoms with Gasteiger partial charge in [0.1, 0.15) is 5.75 Å². The second-order valence-corrected chi connectivity index (χ2v) is 19.5. The normalized spacial score (nSPS) is 13.9. The van der Waals surface area contributed by atoms with Crippen molar-refractivity contribution in [1.29, 1.82) is 0 Å². The highest BCUT2D eigenvalue weighted by Gasteiger charge is 2.49. The molecular weight excluding hydrogens is 871 g/mol. The van der Waals surface area contributed by atoms with Gasteiger partial charge < -0.3 is 10.0 Å². The van der Waals surface area contributed by atoms with Crippen LogP contribution >= 0.6 is 0 Å². The van der Waals surface area contributed by atoms with E-state index in [0.717, 1.165) is 49.9 Å². The molecule has 2 heteroatoms. The third-order valence-electron chi connectivity index (χ3n) is 15.2. The van der Waals surface area contributed by atoms with E-state index in [4.69, 9.17) is 0 Å². The molecular formula is C70H51NO. The molecule has 0 aliphatic heterocycles. The topological polar surface area (TPSA) is 23.5 Å². The van der Waals surface area contributed by atoms with Crippen molar-refractivity contribution in [2.24, 2.45) is 0 Å². The van der Waals surface area contributed by atoms with E-state index < -0.39 is 5.41 Å². The van der Waals surface area contributed by atoms with E-state index >= 15 is 0 Å². The fourth-order valence-electron chi connectivity index (χ4n) is 12.0. The summed E-state index contributed by atoms with van der Waals surface area (Å²) in [7, 11) is 0. The van der Waals surface area contributed by atoms with Crippen LogP contribution in [-0.4, -0.2) is 5.11 Å². The van der Waals surface area contributed by atoms with Crippen LogP contribution in [0.15, 0.2) is 261 Å². The van der Waals surface area contributed by atoms with Crippen LogP contribution in [0.5, 0.6) is 5.75 Å². The molecule has 0 fully saturated rings. The highest BCUT2D eigenvalue weighted by Crippen LogP contribution is 2.61. The molecule has 0 amide bonds. The molecule has 0 saturated heterocycles. The molecule has 1 atom stereocenters. The van der Waals surface area contributed by atoms with Crippen molar-refractivity contribution in [3.8, 4) is 50.3 Å². The quantitative estimate of drug-likeness (QED) is 0.156. The van der Waals surface area contributed by atoms with Gasteiger partial charge in [-0.15, -0.1) is 0 Å². The molecule has 0 heterocycles. The molecule has 2 nitrogen and oxygen atoms in total. The molecule has 0 radical (unpaired) electrons. The Morgan fingerprint density at radius 1 is 0.333 bits per heavy atom. The van der Waals surface area contributed by atoms with Crippen molar-refractivity contribution in [3.63, 3.8) is 0 Å². The third-order valence-corrected chi connectivity index (χ3v) is 15.2. The molecule has 0 bridgehead atoms. The zero-order valence-corrected chi connectivity index (χ0v) is 40.3. The monoisotopic (exact) mass is 921 g/mol. The molecule has 12 aromatic rings. The number of phenols is 1. The van der Waals surface area contributed by atoms with Crippen molar-refractivity contribution < 1.29 is 5.11 Å².